The van der Waals surface area contributed by atoms with Crippen molar-refractivity contribution < 1.29 is 14.6 Å². The van der Waals surface area contributed by atoms with Crippen molar-refractivity contribution in [3.05, 3.63) is 73.1 Å². The molecule has 2 rings (SSSR count). The molecule has 0 spiro atoms. The van der Waals surface area contributed by atoms with Crippen molar-refractivity contribution >= 4 is 33.9 Å². The molecule has 1 heterocycles. The number of hydrogen-bond donors (Lipinski definition) is 0. The summed E-state index contributed by atoms with van der Waals surface area (Å²) in [7, 11) is 0. The van der Waals surface area contributed by atoms with Gasteiger partial charge in [0.25, 0.3) is 5.69 Å². The predicted molar refractivity (Wildman–Crippen MR) is 77.4 cm³/mol. The molecule has 2 aromatic rings. The highest BCUT2D eigenvalue weighted by Gasteiger charge is 2.09. The first-order valence-electron chi connectivity index (χ1n) is 5.68. The number of rotatable bonds is 5. The molecule has 0 unspecified atom stereocenters. The zero-order valence-corrected chi connectivity index (χ0v) is 11.3. The largest absolute Gasteiger partial charge is 0.324 e. The van der Waals surface area contributed by atoms with Crippen LogP contribution in [0.1, 0.15) is 15.2 Å². The number of nitro benzene ring substituents is 1. The molecular formula is C13H8N2O5S. The number of ketones is 1. The molecule has 0 aliphatic rings. The quantitative estimate of drug-likeness (QED) is 0.364. The van der Waals surface area contributed by atoms with E-state index in [4.69, 9.17) is 0 Å². The van der Waals surface area contributed by atoms with Gasteiger partial charge in [0.2, 0.25) is 0 Å². The van der Waals surface area contributed by atoms with Gasteiger partial charge in [-0.25, -0.2) is 0 Å². The second-order valence-electron chi connectivity index (χ2n) is 3.93. The van der Waals surface area contributed by atoms with Gasteiger partial charge < -0.3 is 0 Å². The molecule has 0 fully saturated rings. The van der Waals surface area contributed by atoms with Gasteiger partial charge in [0.15, 0.2) is 5.78 Å². The van der Waals surface area contributed by atoms with Crippen molar-refractivity contribution in [2.45, 2.75) is 0 Å². The molecule has 0 saturated heterocycles. The number of hydrogen-bond acceptors (Lipinski definition) is 6. The van der Waals surface area contributed by atoms with Crippen LogP contribution in [0.5, 0.6) is 0 Å². The molecule has 0 saturated carbocycles. The van der Waals surface area contributed by atoms with Gasteiger partial charge in [-0.15, -0.1) is 0 Å². The number of carbonyl (C=O) groups is 1. The first-order valence-corrected chi connectivity index (χ1v) is 6.50. The van der Waals surface area contributed by atoms with Crippen LogP contribution in [0.4, 0.5) is 10.7 Å². The van der Waals surface area contributed by atoms with Gasteiger partial charge in [-0.05, 0) is 30.4 Å². The Hall–Kier alpha value is -2.87. The molecule has 21 heavy (non-hydrogen) atoms. The van der Waals surface area contributed by atoms with E-state index in [0.29, 0.717) is 10.4 Å². The fourth-order valence-electron chi connectivity index (χ4n) is 1.53. The number of nitrogens with zero attached hydrogens (tertiary/aromatic N) is 2. The topological polar surface area (TPSA) is 103 Å². The third-order valence-electron chi connectivity index (χ3n) is 2.55. The minimum Gasteiger partial charge on any atom is -0.289 e. The smallest absolute Gasteiger partial charge is 0.289 e. The average molecular weight is 304 g/mol. The predicted octanol–water partition coefficient (Wildman–Crippen LogP) is 3.46. The zero-order valence-electron chi connectivity index (χ0n) is 10.5. The van der Waals surface area contributed by atoms with E-state index in [-0.39, 0.29) is 16.5 Å². The van der Waals surface area contributed by atoms with E-state index in [1.807, 2.05) is 0 Å². The lowest BCUT2D eigenvalue weighted by molar-refractivity contribution is -0.384. The Morgan fingerprint density at radius 2 is 1.67 bits per heavy atom. The molecule has 0 aliphatic carbocycles. The number of benzene rings is 1. The Labute approximate surface area is 122 Å². The Kier molecular flexibility index (Phi) is 4.19. The summed E-state index contributed by atoms with van der Waals surface area (Å²) < 4.78 is 0. The molecule has 0 amide bonds. The normalized spacial score (nSPS) is 10.7. The zero-order chi connectivity index (χ0) is 15.4. The van der Waals surface area contributed by atoms with Gasteiger partial charge >= 0.3 is 5.00 Å². The maximum Gasteiger partial charge on any atom is 0.324 e. The summed E-state index contributed by atoms with van der Waals surface area (Å²) in [6.45, 7) is 0. The Morgan fingerprint density at radius 3 is 2.19 bits per heavy atom. The third kappa shape index (κ3) is 3.57. The fraction of sp³-hybridized carbons (Fsp3) is 0. The highest BCUT2D eigenvalue weighted by molar-refractivity contribution is 7.16. The van der Waals surface area contributed by atoms with Crippen molar-refractivity contribution in [2.75, 3.05) is 0 Å². The number of nitro groups is 2. The molecule has 0 bridgehead atoms. The van der Waals surface area contributed by atoms with E-state index in [0.717, 1.165) is 11.3 Å². The molecule has 8 heteroatoms. The Bertz CT molecular complexity index is 733. The maximum absolute atomic E-state index is 11.9. The molecular weight excluding hydrogens is 296 g/mol. The lowest BCUT2D eigenvalue weighted by Crippen LogP contribution is -1.94. The molecule has 0 aliphatic heterocycles. The van der Waals surface area contributed by atoms with Crippen molar-refractivity contribution in [2.24, 2.45) is 0 Å². The average Bonchev–Trinajstić information content (AvgIpc) is 2.94. The number of allylic oxidation sites excluding steroid dienone is 1. The molecule has 0 radical (unpaired) electrons. The van der Waals surface area contributed by atoms with E-state index in [1.165, 1.54) is 42.5 Å². The van der Waals surface area contributed by atoms with E-state index >= 15 is 0 Å². The molecule has 0 atom stereocenters. The first-order chi connectivity index (χ1) is 9.97. The van der Waals surface area contributed by atoms with Gasteiger partial charge in [-0.3, -0.25) is 25.0 Å². The summed E-state index contributed by atoms with van der Waals surface area (Å²) >= 11 is 0.957. The second-order valence-corrected chi connectivity index (χ2v) is 5.03. The van der Waals surface area contributed by atoms with Gasteiger partial charge in [0.05, 0.1) is 9.85 Å². The van der Waals surface area contributed by atoms with Gasteiger partial charge in [0, 0.05) is 28.6 Å². The molecule has 0 N–H and O–H groups in total. The van der Waals surface area contributed by atoms with Crippen molar-refractivity contribution in [3.63, 3.8) is 0 Å². The van der Waals surface area contributed by atoms with E-state index in [1.54, 1.807) is 6.07 Å². The highest BCUT2D eigenvalue weighted by atomic mass is 32.1. The Morgan fingerprint density at radius 1 is 1.00 bits per heavy atom. The maximum atomic E-state index is 11.9. The number of thiophene rings is 1. The standard InChI is InChI=1S/C13H8N2O5S/c16-12(9-1-3-10(4-2-9)14(17)18)7-5-11-6-8-13(21-11)15(19)20/h1-8H. The number of non-ortho nitro benzene ring substituents is 1. The van der Waals surface area contributed by atoms with Crippen LogP contribution < -0.4 is 0 Å². The van der Waals surface area contributed by atoms with Crippen LogP contribution in [0.3, 0.4) is 0 Å². The monoisotopic (exact) mass is 304 g/mol. The van der Waals surface area contributed by atoms with Crippen LogP contribution in [-0.2, 0) is 0 Å². The van der Waals surface area contributed by atoms with E-state index in [9.17, 15) is 25.0 Å². The summed E-state index contributed by atoms with van der Waals surface area (Å²) in [5.41, 5.74) is 0.215. The minimum atomic E-state index is -0.547. The molecule has 7 nitrogen and oxygen atoms in total. The SMILES string of the molecule is O=C(C=Cc1ccc([N+](=O)[O-])s1)c1ccc([N+](=O)[O-])cc1. The Balaban J connectivity index is 2.11. The summed E-state index contributed by atoms with van der Waals surface area (Å²) in [6.07, 6.45) is 2.75. The minimum absolute atomic E-state index is 0.00238. The van der Waals surface area contributed by atoms with E-state index < -0.39 is 9.85 Å². The summed E-state index contributed by atoms with van der Waals surface area (Å²) in [6, 6.07) is 8.13. The molecule has 1 aromatic heterocycles. The lowest BCUT2D eigenvalue weighted by Gasteiger charge is -1.95. The lowest BCUT2D eigenvalue weighted by atomic mass is 10.1. The van der Waals surface area contributed by atoms with Crippen LogP contribution in [-0.4, -0.2) is 15.6 Å². The first kappa shape index (κ1) is 14.5. The summed E-state index contributed by atoms with van der Waals surface area (Å²) in [5, 5.41) is 21.0. The summed E-state index contributed by atoms with van der Waals surface area (Å²) in [5.74, 6) is -0.332. The van der Waals surface area contributed by atoms with Gasteiger partial charge in [0.1, 0.15) is 0 Å². The second kappa shape index (κ2) is 6.06. The van der Waals surface area contributed by atoms with Crippen LogP contribution >= 0.6 is 11.3 Å². The van der Waals surface area contributed by atoms with Crippen LogP contribution in [0.25, 0.3) is 6.08 Å². The van der Waals surface area contributed by atoms with Gasteiger partial charge in [-0.1, -0.05) is 11.3 Å². The van der Waals surface area contributed by atoms with Crippen molar-refractivity contribution in [1.82, 2.24) is 0 Å². The number of carbonyl (C=O) groups excluding carboxylic acids is 1. The summed E-state index contributed by atoms with van der Waals surface area (Å²) in [4.78, 5) is 32.4. The highest BCUT2D eigenvalue weighted by Crippen LogP contribution is 2.25. The van der Waals surface area contributed by atoms with Crippen LogP contribution in [0.15, 0.2) is 42.5 Å². The molecule has 1 aromatic carbocycles. The van der Waals surface area contributed by atoms with Crippen LogP contribution in [0.2, 0.25) is 0 Å². The van der Waals surface area contributed by atoms with Crippen LogP contribution in [0, 0.1) is 20.2 Å². The third-order valence-corrected chi connectivity index (χ3v) is 3.56. The van der Waals surface area contributed by atoms with Crippen molar-refractivity contribution in [3.8, 4) is 0 Å². The van der Waals surface area contributed by atoms with Gasteiger partial charge in [-0.2, -0.15) is 0 Å². The fourth-order valence-corrected chi connectivity index (χ4v) is 2.26. The molecule has 106 valence electrons. The van der Waals surface area contributed by atoms with E-state index in [2.05, 4.69) is 0 Å². The van der Waals surface area contributed by atoms with Crippen molar-refractivity contribution in [1.29, 1.82) is 0 Å².